The summed E-state index contributed by atoms with van der Waals surface area (Å²) in [5.74, 6) is -1.89. The third kappa shape index (κ3) is 6.24. The van der Waals surface area contributed by atoms with E-state index in [9.17, 15) is 26.4 Å². The van der Waals surface area contributed by atoms with Gasteiger partial charge in [0, 0.05) is 6.54 Å². The molecule has 8 nitrogen and oxygen atoms in total. The van der Waals surface area contributed by atoms with E-state index in [1.165, 1.54) is 0 Å². The highest BCUT2D eigenvalue weighted by Crippen LogP contribution is 2.24. The molecule has 0 saturated heterocycles. The van der Waals surface area contributed by atoms with E-state index in [1.807, 2.05) is 0 Å². The van der Waals surface area contributed by atoms with Gasteiger partial charge in [-0.15, -0.1) is 0 Å². The van der Waals surface area contributed by atoms with Crippen LogP contribution in [-0.4, -0.2) is 38.4 Å². The SMILES string of the molecule is NC(N)=NCCC[C@H](N)C(=O)OS(=O)(=O)C(F)(F)F. The fraction of sp³-hybridized carbons (Fsp3) is 0.714. The number of carbonyl (C=O) groups is 1. The molecule has 0 aliphatic rings. The van der Waals surface area contributed by atoms with Crippen molar-refractivity contribution in [2.45, 2.75) is 24.4 Å². The topological polar surface area (TPSA) is 151 Å². The van der Waals surface area contributed by atoms with Crippen molar-refractivity contribution in [2.75, 3.05) is 6.54 Å². The summed E-state index contributed by atoms with van der Waals surface area (Å²) in [6.07, 6.45) is 0.0310. The molecule has 12 heteroatoms. The van der Waals surface area contributed by atoms with Gasteiger partial charge in [-0.1, -0.05) is 0 Å². The van der Waals surface area contributed by atoms with E-state index >= 15 is 0 Å². The number of nitrogens with zero attached hydrogens (tertiary/aromatic N) is 1. The zero-order valence-electron chi connectivity index (χ0n) is 9.55. The second kappa shape index (κ2) is 6.56. The summed E-state index contributed by atoms with van der Waals surface area (Å²) in [5.41, 5.74) is 9.49. The minimum absolute atomic E-state index is 0.0926. The maximum absolute atomic E-state index is 11.9. The second-order valence-electron chi connectivity index (χ2n) is 3.36. The van der Waals surface area contributed by atoms with Gasteiger partial charge in [0.2, 0.25) is 0 Å². The van der Waals surface area contributed by atoms with Crippen molar-refractivity contribution in [1.29, 1.82) is 0 Å². The number of rotatable bonds is 6. The molecule has 0 aromatic carbocycles. The largest absolute Gasteiger partial charge is 0.534 e. The van der Waals surface area contributed by atoms with Gasteiger partial charge in [-0.3, -0.25) is 4.99 Å². The number of carbonyl (C=O) groups excluding carboxylic acids is 1. The first kappa shape index (κ1) is 17.4. The van der Waals surface area contributed by atoms with Crippen LogP contribution in [0.1, 0.15) is 12.8 Å². The summed E-state index contributed by atoms with van der Waals surface area (Å²) in [5, 5.41) is 0. The Balaban J connectivity index is 4.33. The number of alkyl halides is 3. The Morgan fingerprint density at radius 2 is 1.84 bits per heavy atom. The molecule has 6 N–H and O–H groups in total. The van der Waals surface area contributed by atoms with Crippen LogP contribution in [0.15, 0.2) is 4.99 Å². The lowest BCUT2D eigenvalue weighted by atomic mass is 10.2. The van der Waals surface area contributed by atoms with Crippen LogP contribution in [0.25, 0.3) is 0 Å². The Morgan fingerprint density at radius 3 is 2.26 bits per heavy atom. The molecule has 0 bridgehead atoms. The van der Waals surface area contributed by atoms with Crippen molar-refractivity contribution in [3.05, 3.63) is 0 Å². The van der Waals surface area contributed by atoms with Crippen LogP contribution in [0, 0.1) is 0 Å². The predicted molar refractivity (Wildman–Crippen MR) is 59.0 cm³/mol. The van der Waals surface area contributed by atoms with Crippen molar-refractivity contribution in [3.63, 3.8) is 0 Å². The Bertz CT molecular complexity index is 444. The summed E-state index contributed by atoms with van der Waals surface area (Å²) < 4.78 is 60.1. The van der Waals surface area contributed by atoms with Gasteiger partial charge in [0.25, 0.3) is 0 Å². The van der Waals surface area contributed by atoms with E-state index in [0.717, 1.165) is 0 Å². The molecule has 0 heterocycles. The Morgan fingerprint density at radius 1 is 1.32 bits per heavy atom. The molecule has 0 aromatic rings. The van der Waals surface area contributed by atoms with Gasteiger partial charge in [0.15, 0.2) is 5.96 Å². The maximum atomic E-state index is 11.9. The van der Waals surface area contributed by atoms with Crippen molar-refractivity contribution in [3.8, 4) is 0 Å². The highest BCUT2D eigenvalue weighted by molar-refractivity contribution is 7.88. The molecular formula is C7H13F3N4O4S. The molecule has 0 saturated carbocycles. The smallest absolute Gasteiger partial charge is 0.370 e. The predicted octanol–water partition coefficient (Wildman–Crippen LogP) is -1.24. The van der Waals surface area contributed by atoms with Crippen LogP contribution in [0.5, 0.6) is 0 Å². The monoisotopic (exact) mass is 306 g/mol. The average molecular weight is 306 g/mol. The van der Waals surface area contributed by atoms with E-state index < -0.39 is 27.6 Å². The molecule has 1 atom stereocenters. The molecule has 0 aliphatic carbocycles. The molecular weight excluding hydrogens is 293 g/mol. The van der Waals surface area contributed by atoms with Crippen LogP contribution in [0.3, 0.4) is 0 Å². The van der Waals surface area contributed by atoms with Crippen molar-refractivity contribution >= 4 is 22.0 Å². The number of hydrogen-bond donors (Lipinski definition) is 3. The Hall–Kier alpha value is -1.56. The molecule has 19 heavy (non-hydrogen) atoms. The molecule has 0 fully saturated rings. The Labute approximate surface area is 106 Å². The van der Waals surface area contributed by atoms with Crippen LogP contribution < -0.4 is 17.2 Å². The van der Waals surface area contributed by atoms with E-state index in [2.05, 4.69) is 9.18 Å². The number of guanidine groups is 1. The number of aliphatic imine (C=N–C) groups is 1. The third-order valence-electron chi connectivity index (χ3n) is 1.75. The normalized spacial score (nSPS) is 13.7. The number of hydrogen-bond acceptors (Lipinski definition) is 6. The van der Waals surface area contributed by atoms with Gasteiger partial charge in [-0.05, 0) is 12.8 Å². The molecule has 0 unspecified atom stereocenters. The maximum Gasteiger partial charge on any atom is 0.534 e. The van der Waals surface area contributed by atoms with E-state index in [-0.39, 0.29) is 25.3 Å². The van der Waals surface area contributed by atoms with Crippen LogP contribution >= 0.6 is 0 Å². The van der Waals surface area contributed by atoms with E-state index in [0.29, 0.717) is 0 Å². The van der Waals surface area contributed by atoms with Gasteiger partial charge in [0.05, 0.1) is 0 Å². The lowest BCUT2D eigenvalue weighted by molar-refractivity contribution is -0.137. The van der Waals surface area contributed by atoms with Gasteiger partial charge >= 0.3 is 21.6 Å². The van der Waals surface area contributed by atoms with Crippen molar-refractivity contribution in [1.82, 2.24) is 0 Å². The fourth-order valence-electron chi connectivity index (χ4n) is 0.854. The standard InChI is InChI=1S/C7H13F3N4O4S/c8-7(9,10)19(16,17)18-5(15)4(11)2-1-3-14-6(12)13/h4H,1-3,11H2,(H4,12,13,14)/t4-/m0/s1. The molecule has 0 radical (unpaired) electrons. The van der Waals surface area contributed by atoms with E-state index in [1.54, 1.807) is 0 Å². The third-order valence-corrected chi connectivity index (χ3v) is 2.70. The lowest BCUT2D eigenvalue weighted by Crippen LogP contribution is -2.37. The minimum atomic E-state index is -5.98. The summed E-state index contributed by atoms with van der Waals surface area (Å²) in [6, 6.07) is -1.52. The lowest BCUT2D eigenvalue weighted by Gasteiger charge is -2.12. The molecule has 0 amide bonds. The first-order valence-corrected chi connectivity index (χ1v) is 6.24. The summed E-state index contributed by atoms with van der Waals surface area (Å²) in [7, 11) is -5.98. The molecule has 0 aromatic heterocycles. The van der Waals surface area contributed by atoms with Gasteiger partial charge in [-0.25, -0.2) is 4.79 Å². The molecule has 112 valence electrons. The Kier molecular flexibility index (Phi) is 6.02. The first-order valence-electron chi connectivity index (χ1n) is 4.83. The molecule has 0 aliphatic heterocycles. The summed E-state index contributed by atoms with van der Waals surface area (Å²) >= 11 is 0. The van der Waals surface area contributed by atoms with Crippen molar-refractivity contribution < 1.29 is 30.6 Å². The number of halogens is 3. The fourth-order valence-corrected chi connectivity index (χ4v) is 1.29. The zero-order chi connectivity index (χ0) is 15.3. The van der Waals surface area contributed by atoms with Gasteiger partial charge in [0.1, 0.15) is 6.04 Å². The van der Waals surface area contributed by atoms with E-state index in [4.69, 9.17) is 17.2 Å². The molecule has 0 rings (SSSR count). The minimum Gasteiger partial charge on any atom is -0.370 e. The summed E-state index contributed by atoms with van der Waals surface area (Å²) in [4.78, 5) is 14.6. The summed E-state index contributed by atoms with van der Waals surface area (Å²) in [6.45, 7) is 0.0926. The zero-order valence-corrected chi connectivity index (χ0v) is 10.4. The first-order chi connectivity index (χ1) is 8.47. The molecule has 0 spiro atoms. The van der Waals surface area contributed by atoms with Crippen LogP contribution in [0.4, 0.5) is 13.2 Å². The van der Waals surface area contributed by atoms with Crippen molar-refractivity contribution in [2.24, 2.45) is 22.2 Å². The van der Waals surface area contributed by atoms with Crippen LogP contribution in [-0.2, 0) is 19.1 Å². The second-order valence-corrected chi connectivity index (χ2v) is 4.90. The average Bonchev–Trinajstić information content (AvgIpc) is 2.21. The quantitative estimate of drug-likeness (QED) is 0.182. The highest BCUT2D eigenvalue weighted by Gasteiger charge is 2.50. The highest BCUT2D eigenvalue weighted by atomic mass is 32.2. The van der Waals surface area contributed by atoms with Crippen LogP contribution in [0.2, 0.25) is 0 Å². The van der Waals surface area contributed by atoms with Gasteiger partial charge in [-0.2, -0.15) is 21.6 Å². The number of nitrogens with two attached hydrogens (primary N) is 3. The van der Waals surface area contributed by atoms with Gasteiger partial charge < -0.3 is 21.4 Å².